The van der Waals surface area contributed by atoms with Crippen LogP contribution >= 0.6 is 23.2 Å². The van der Waals surface area contributed by atoms with Gasteiger partial charge >= 0.3 is 0 Å². The molecule has 0 aromatic heterocycles. The third kappa shape index (κ3) is 7.56. The average Bonchev–Trinajstić information content (AvgIpc) is 2.94. The van der Waals surface area contributed by atoms with E-state index in [1.165, 1.54) is 29.2 Å². The standard InChI is InChI=1S/C30H35Cl2N3O4S/c1-5-22(4)33-30(37)27(6-2)34(19-23-13-11-10-12-21(23)3)29(36)20-35(28-18-24(31)16-17-26(28)32)40(38,39)25-14-8-7-9-15-25/h7-18,22,27H,5-6,19-20H2,1-4H3,(H,33,37)/t22-,27+/m1/s1. The summed E-state index contributed by atoms with van der Waals surface area (Å²) in [6.45, 7) is 7.15. The number of hydrogen-bond donors (Lipinski definition) is 1. The Morgan fingerprint density at radius 1 is 0.925 bits per heavy atom. The van der Waals surface area contributed by atoms with Gasteiger partial charge in [0.05, 0.1) is 15.6 Å². The van der Waals surface area contributed by atoms with E-state index < -0.39 is 28.5 Å². The Bertz CT molecular complexity index is 1430. The van der Waals surface area contributed by atoms with Crippen LogP contribution < -0.4 is 9.62 Å². The zero-order valence-corrected chi connectivity index (χ0v) is 25.4. The smallest absolute Gasteiger partial charge is 0.264 e. The van der Waals surface area contributed by atoms with E-state index in [2.05, 4.69) is 5.32 Å². The van der Waals surface area contributed by atoms with Crippen molar-refractivity contribution in [2.24, 2.45) is 0 Å². The second kappa shape index (κ2) is 14.0. The molecule has 3 rings (SSSR count). The van der Waals surface area contributed by atoms with Gasteiger partial charge in [-0.1, -0.05) is 79.5 Å². The van der Waals surface area contributed by atoms with Crippen LogP contribution in [0.1, 0.15) is 44.7 Å². The molecule has 0 saturated heterocycles. The predicted octanol–water partition coefficient (Wildman–Crippen LogP) is 6.22. The molecule has 0 radical (unpaired) electrons. The Morgan fingerprint density at radius 2 is 1.57 bits per heavy atom. The third-order valence-corrected chi connectivity index (χ3v) is 9.10. The van der Waals surface area contributed by atoms with Gasteiger partial charge in [-0.05, 0) is 68.1 Å². The van der Waals surface area contributed by atoms with Crippen molar-refractivity contribution in [3.63, 3.8) is 0 Å². The van der Waals surface area contributed by atoms with Crippen molar-refractivity contribution in [3.8, 4) is 0 Å². The summed E-state index contributed by atoms with van der Waals surface area (Å²) >= 11 is 12.7. The molecule has 214 valence electrons. The lowest BCUT2D eigenvalue weighted by molar-refractivity contribution is -0.140. The van der Waals surface area contributed by atoms with Gasteiger partial charge in [0.2, 0.25) is 11.8 Å². The van der Waals surface area contributed by atoms with Crippen LogP contribution in [0.2, 0.25) is 10.0 Å². The maximum Gasteiger partial charge on any atom is 0.264 e. The van der Waals surface area contributed by atoms with Crippen molar-refractivity contribution >= 4 is 50.7 Å². The highest BCUT2D eigenvalue weighted by Gasteiger charge is 2.34. The van der Waals surface area contributed by atoms with E-state index >= 15 is 0 Å². The van der Waals surface area contributed by atoms with Gasteiger partial charge in [-0.3, -0.25) is 13.9 Å². The SMILES string of the molecule is CC[C@@H](C)NC(=O)[C@H](CC)N(Cc1ccccc1C)C(=O)CN(c1cc(Cl)ccc1Cl)S(=O)(=O)c1ccccc1. The van der Waals surface area contributed by atoms with Crippen LogP contribution in [0.25, 0.3) is 0 Å². The first kappa shape index (κ1) is 31.5. The quantitative estimate of drug-likeness (QED) is 0.266. The normalized spacial score (nSPS) is 12.8. The first-order chi connectivity index (χ1) is 19.0. The Morgan fingerprint density at radius 3 is 2.20 bits per heavy atom. The number of nitrogens with one attached hydrogen (secondary N) is 1. The highest BCUT2D eigenvalue weighted by Crippen LogP contribution is 2.33. The van der Waals surface area contributed by atoms with Crippen LogP contribution in [0.5, 0.6) is 0 Å². The van der Waals surface area contributed by atoms with E-state index in [4.69, 9.17) is 23.2 Å². The highest BCUT2D eigenvalue weighted by molar-refractivity contribution is 7.92. The average molecular weight is 605 g/mol. The number of benzene rings is 3. The molecule has 1 N–H and O–H groups in total. The summed E-state index contributed by atoms with van der Waals surface area (Å²) in [5.41, 5.74) is 1.87. The molecule has 0 fully saturated rings. The first-order valence-electron chi connectivity index (χ1n) is 13.2. The van der Waals surface area contributed by atoms with Gasteiger partial charge < -0.3 is 10.2 Å². The van der Waals surface area contributed by atoms with Crippen LogP contribution in [0.3, 0.4) is 0 Å². The summed E-state index contributed by atoms with van der Waals surface area (Å²) in [7, 11) is -4.24. The van der Waals surface area contributed by atoms with Crippen molar-refractivity contribution in [3.05, 3.63) is 94.0 Å². The highest BCUT2D eigenvalue weighted by atomic mass is 35.5. The molecule has 10 heteroatoms. The fourth-order valence-corrected chi connectivity index (χ4v) is 6.12. The van der Waals surface area contributed by atoms with E-state index in [0.717, 1.165) is 21.9 Å². The van der Waals surface area contributed by atoms with Crippen molar-refractivity contribution in [1.82, 2.24) is 10.2 Å². The Kier molecular flexibility index (Phi) is 11.0. The van der Waals surface area contributed by atoms with Crippen LogP contribution in [0.4, 0.5) is 5.69 Å². The molecular formula is C30H35Cl2N3O4S. The topological polar surface area (TPSA) is 86.8 Å². The summed E-state index contributed by atoms with van der Waals surface area (Å²) in [5.74, 6) is -0.845. The molecular weight excluding hydrogens is 569 g/mol. The van der Waals surface area contributed by atoms with Gasteiger partial charge in [0, 0.05) is 17.6 Å². The first-order valence-corrected chi connectivity index (χ1v) is 15.4. The van der Waals surface area contributed by atoms with E-state index in [-0.39, 0.29) is 39.1 Å². The fraction of sp³-hybridized carbons (Fsp3) is 0.333. The van der Waals surface area contributed by atoms with Crippen molar-refractivity contribution in [2.45, 2.75) is 64.1 Å². The van der Waals surface area contributed by atoms with Gasteiger partial charge in [-0.2, -0.15) is 0 Å². The van der Waals surface area contributed by atoms with Crippen LogP contribution in [0.15, 0.2) is 77.7 Å². The van der Waals surface area contributed by atoms with Crippen LogP contribution in [-0.2, 0) is 26.2 Å². The molecule has 7 nitrogen and oxygen atoms in total. The number of rotatable bonds is 12. The number of aryl methyl sites for hydroxylation is 1. The molecule has 2 atom stereocenters. The van der Waals surface area contributed by atoms with E-state index in [0.29, 0.717) is 6.42 Å². The maximum atomic E-state index is 14.1. The summed E-state index contributed by atoms with van der Waals surface area (Å²) in [6.07, 6.45) is 1.06. The summed E-state index contributed by atoms with van der Waals surface area (Å²) in [4.78, 5) is 28.9. The molecule has 0 aliphatic rings. The van der Waals surface area contributed by atoms with Crippen LogP contribution in [0, 0.1) is 6.92 Å². The monoisotopic (exact) mass is 603 g/mol. The molecule has 0 spiro atoms. The lowest BCUT2D eigenvalue weighted by atomic mass is 10.1. The van der Waals surface area contributed by atoms with Gasteiger partial charge in [-0.25, -0.2) is 8.42 Å². The van der Waals surface area contributed by atoms with Crippen molar-refractivity contribution in [2.75, 3.05) is 10.8 Å². The molecule has 0 aliphatic heterocycles. The number of halogens is 2. The van der Waals surface area contributed by atoms with E-state index in [9.17, 15) is 18.0 Å². The lowest BCUT2D eigenvalue weighted by Crippen LogP contribution is -2.53. The molecule has 0 bridgehead atoms. The molecule has 2 amide bonds. The van der Waals surface area contributed by atoms with Gasteiger partial charge in [0.15, 0.2) is 0 Å². The number of carbonyl (C=O) groups is 2. The van der Waals surface area contributed by atoms with Crippen LogP contribution in [-0.4, -0.2) is 43.8 Å². The lowest BCUT2D eigenvalue weighted by Gasteiger charge is -2.34. The van der Waals surface area contributed by atoms with Gasteiger partial charge in [0.1, 0.15) is 12.6 Å². The zero-order chi connectivity index (χ0) is 29.4. The van der Waals surface area contributed by atoms with Crippen molar-refractivity contribution < 1.29 is 18.0 Å². The fourth-order valence-electron chi connectivity index (χ4n) is 4.24. The maximum absolute atomic E-state index is 14.1. The van der Waals surface area contributed by atoms with Gasteiger partial charge in [-0.15, -0.1) is 0 Å². The number of nitrogens with zero attached hydrogens (tertiary/aromatic N) is 2. The predicted molar refractivity (Wildman–Crippen MR) is 161 cm³/mol. The van der Waals surface area contributed by atoms with E-state index in [1.54, 1.807) is 24.3 Å². The minimum Gasteiger partial charge on any atom is -0.352 e. The second-order valence-electron chi connectivity index (χ2n) is 9.61. The molecule has 40 heavy (non-hydrogen) atoms. The largest absolute Gasteiger partial charge is 0.352 e. The summed E-state index contributed by atoms with van der Waals surface area (Å²) < 4.78 is 28.8. The Balaban J connectivity index is 2.10. The third-order valence-electron chi connectivity index (χ3n) is 6.78. The number of anilines is 1. The van der Waals surface area contributed by atoms with Crippen molar-refractivity contribution in [1.29, 1.82) is 0 Å². The molecule has 0 aliphatic carbocycles. The molecule has 0 saturated carbocycles. The molecule has 0 heterocycles. The molecule has 0 unspecified atom stereocenters. The van der Waals surface area contributed by atoms with E-state index in [1.807, 2.05) is 52.0 Å². The summed E-state index contributed by atoms with van der Waals surface area (Å²) in [6, 6.07) is 18.9. The number of carbonyl (C=O) groups excluding carboxylic acids is 2. The zero-order valence-electron chi connectivity index (χ0n) is 23.1. The number of hydrogen-bond acceptors (Lipinski definition) is 4. The molecule has 3 aromatic carbocycles. The number of amides is 2. The van der Waals surface area contributed by atoms with Gasteiger partial charge in [0.25, 0.3) is 10.0 Å². The second-order valence-corrected chi connectivity index (χ2v) is 12.3. The summed E-state index contributed by atoms with van der Waals surface area (Å²) in [5, 5.41) is 3.35. The minimum atomic E-state index is -4.24. The minimum absolute atomic E-state index is 0.00847. The Labute approximate surface area is 247 Å². The number of sulfonamides is 1. The Hall–Kier alpha value is -3.07. The molecule has 3 aromatic rings.